The Morgan fingerprint density at radius 3 is 3.15 bits per heavy atom. The molecule has 0 aliphatic carbocycles. The lowest BCUT2D eigenvalue weighted by Crippen LogP contribution is -2.02. The van der Waals surface area contributed by atoms with Gasteiger partial charge in [0.25, 0.3) is 0 Å². The van der Waals surface area contributed by atoms with Crippen molar-refractivity contribution in [3.8, 4) is 0 Å². The zero-order valence-corrected chi connectivity index (χ0v) is 9.51. The number of rotatable bonds is 2. The summed E-state index contributed by atoms with van der Waals surface area (Å²) in [4.78, 5) is 0. The maximum Gasteiger partial charge on any atom is 0.0356 e. The van der Waals surface area contributed by atoms with Gasteiger partial charge >= 0.3 is 0 Å². The highest BCUT2D eigenvalue weighted by Crippen LogP contribution is 2.25. The molecule has 0 spiro atoms. The third-order valence-corrected chi connectivity index (χ3v) is 3.43. The quantitative estimate of drug-likeness (QED) is 0.738. The molecule has 1 aromatic rings. The van der Waals surface area contributed by atoms with Gasteiger partial charge in [-0.3, -0.25) is 0 Å². The van der Waals surface area contributed by atoms with Crippen molar-refractivity contribution in [3.63, 3.8) is 0 Å². The molecule has 0 bridgehead atoms. The zero-order chi connectivity index (χ0) is 9.10. The summed E-state index contributed by atoms with van der Waals surface area (Å²) in [6.07, 6.45) is 4.23. The van der Waals surface area contributed by atoms with Crippen LogP contribution in [0.5, 0.6) is 0 Å². The SMILES string of the molecule is Brc1cccc(CC2CC=NS2)c1. The van der Waals surface area contributed by atoms with Crippen molar-refractivity contribution in [1.29, 1.82) is 0 Å². The first kappa shape index (κ1) is 9.28. The van der Waals surface area contributed by atoms with E-state index in [1.54, 1.807) is 11.9 Å². The highest BCUT2D eigenvalue weighted by molar-refractivity contribution is 9.10. The van der Waals surface area contributed by atoms with Crippen molar-refractivity contribution in [3.05, 3.63) is 34.3 Å². The smallest absolute Gasteiger partial charge is 0.0356 e. The average Bonchev–Trinajstić information content (AvgIpc) is 2.57. The Hall–Kier alpha value is -0.280. The summed E-state index contributed by atoms with van der Waals surface area (Å²) >= 11 is 5.17. The Morgan fingerprint density at radius 2 is 2.46 bits per heavy atom. The number of nitrogens with zero attached hydrogens (tertiary/aromatic N) is 1. The first-order valence-electron chi connectivity index (χ1n) is 4.27. The van der Waals surface area contributed by atoms with Crippen molar-refractivity contribution >= 4 is 34.1 Å². The molecule has 0 radical (unpaired) electrons. The molecule has 1 unspecified atom stereocenters. The van der Waals surface area contributed by atoms with Crippen LogP contribution in [-0.4, -0.2) is 11.5 Å². The Bertz CT molecular complexity index is 316. The molecular weight excluding hydrogens is 246 g/mol. The van der Waals surface area contributed by atoms with Crippen LogP contribution in [0.25, 0.3) is 0 Å². The highest BCUT2D eigenvalue weighted by Gasteiger charge is 2.12. The molecule has 1 aliphatic heterocycles. The molecule has 1 aliphatic rings. The van der Waals surface area contributed by atoms with E-state index < -0.39 is 0 Å². The van der Waals surface area contributed by atoms with Crippen molar-refractivity contribution in [2.45, 2.75) is 18.1 Å². The van der Waals surface area contributed by atoms with Crippen LogP contribution in [0.15, 0.2) is 33.1 Å². The fourth-order valence-electron chi connectivity index (χ4n) is 1.38. The standard InChI is InChI=1S/C10H10BrNS/c11-9-3-1-2-8(6-9)7-10-4-5-12-13-10/h1-3,5-6,10H,4,7H2. The van der Waals surface area contributed by atoms with E-state index in [1.165, 1.54) is 5.56 Å². The zero-order valence-electron chi connectivity index (χ0n) is 7.11. The normalized spacial score (nSPS) is 20.8. The van der Waals surface area contributed by atoms with Gasteiger partial charge in [-0.15, -0.1) is 0 Å². The van der Waals surface area contributed by atoms with E-state index in [4.69, 9.17) is 0 Å². The molecule has 2 rings (SSSR count). The monoisotopic (exact) mass is 255 g/mol. The summed E-state index contributed by atoms with van der Waals surface area (Å²) in [5.41, 5.74) is 1.39. The van der Waals surface area contributed by atoms with Crippen LogP contribution >= 0.6 is 27.9 Å². The van der Waals surface area contributed by atoms with Crippen molar-refractivity contribution in [2.24, 2.45) is 4.40 Å². The first-order valence-corrected chi connectivity index (χ1v) is 5.89. The van der Waals surface area contributed by atoms with Crippen molar-refractivity contribution < 1.29 is 0 Å². The van der Waals surface area contributed by atoms with E-state index >= 15 is 0 Å². The minimum atomic E-state index is 0.647. The van der Waals surface area contributed by atoms with Gasteiger partial charge in [0.2, 0.25) is 0 Å². The minimum absolute atomic E-state index is 0.647. The Balaban J connectivity index is 2.01. The van der Waals surface area contributed by atoms with Crippen LogP contribution in [-0.2, 0) is 6.42 Å². The molecule has 1 aromatic carbocycles. The molecule has 1 nitrogen and oxygen atoms in total. The molecule has 0 saturated carbocycles. The Morgan fingerprint density at radius 1 is 1.54 bits per heavy atom. The first-order chi connectivity index (χ1) is 6.34. The van der Waals surface area contributed by atoms with Gasteiger partial charge in [0.15, 0.2) is 0 Å². The van der Waals surface area contributed by atoms with E-state index in [2.05, 4.69) is 44.6 Å². The maximum atomic E-state index is 4.16. The minimum Gasteiger partial charge on any atom is -0.229 e. The predicted molar refractivity (Wildman–Crippen MR) is 62.3 cm³/mol. The van der Waals surface area contributed by atoms with E-state index in [1.807, 2.05) is 6.21 Å². The van der Waals surface area contributed by atoms with E-state index in [0.29, 0.717) is 5.25 Å². The van der Waals surface area contributed by atoms with E-state index in [9.17, 15) is 0 Å². The summed E-state index contributed by atoms with van der Waals surface area (Å²) in [5.74, 6) is 0. The molecule has 1 atom stereocenters. The summed E-state index contributed by atoms with van der Waals surface area (Å²) in [6.45, 7) is 0. The lowest BCUT2D eigenvalue weighted by Gasteiger charge is -2.06. The molecule has 13 heavy (non-hydrogen) atoms. The number of hydrogen-bond donors (Lipinski definition) is 0. The molecule has 1 heterocycles. The Labute approximate surface area is 90.9 Å². The predicted octanol–water partition coefficient (Wildman–Crippen LogP) is 3.48. The molecule has 68 valence electrons. The largest absolute Gasteiger partial charge is 0.229 e. The van der Waals surface area contributed by atoms with E-state index in [0.717, 1.165) is 17.3 Å². The summed E-state index contributed by atoms with van der Waals surface area (Å²) in [7, 11) is 0. The van der Waals surface area contributed by atoms with Crippen LogP contribution in [0, 0.1) is 0 Å². The lowest BCUT2D eigenvalue weighted by atomic mass is 10.1. The van der Waals surface area contributed by atoms with Crippen LogP contribution in [0.2, 0.25) is 0 Å². The van der Waals surface area contributed by atoms with Gasteiger partial charge < -0.3 is 0 Å². The van der Waals surface area contributed by atoms with Gasteiger partial charge in [0.05, 0.1) is 0 Å². The maximum absolute atomic E-state index is 4.16. The second kappa shape index (κ2) is 4.29. The number of hydrogen-bond acceptors (Lipinski definition) is 2. The fourth-order valence-corrected chi connectivity index (χ4v) is 2.61. The van der Waals surface area contributed by atoms with Gasteiger partial charge in [-0.25, -0.2) is 4.40 Å². The van der Waals surface area contributed by atoms with Crippen LogP contribution in [0.3, 0.4) is 0 Å². The van der Waals surface area contributed by atoms with Gasteiger partial charge in [0, 0.05) is 15.9 Å². The van der Waals surface area contributed by atoms with Crippen molar-refractivity contribution in [1.82, 2.24) is 0 Å². The third-order valence-electron chi connectivity index (χ3n) is 2.01. The summed E-state index contributed by atoms with van der Waals surface area (Å²) in [5, 5.41) is 0.647. The topological polar surface area (TPSA) is 12.4 Å². The molecule has 0 amide bonds. The lowest BCUT2D eigenvalue weighted by molar-refractivity contribution is 0.908. The van der Waals surface area contributed by atoms with Crippen LogP contribution < -0.4 is 0 Å². The molecular formula is C10H10BrNS. The number of benzene rings is 1. The average molecular weight is 256 g/mol. The Kier molecular flexibility index (Phi) is 3.06. The van der Waals surface area contributed by atoms with Gasteiger partial charge in [-0.1, -0.05) is 28.1 Å². The van der Waals surface area contributed by atoms with Crippen LogP contribution in [0.4, 0.5) is 0 Å². The summed E-state index contributed by atoms with van der Waals surface area (Å²) < 4.78 is 5.32. The molecule has 0 saturated heterocycles. The molecule has 0 aromatic heterocycles. The molecule has 0 N–H and O–H groups in total. The second-order valence-corrected chi connectivity index (χ2v) is 5.09. The molecule has 0 fully saturated rings. The van der Waals surface area contributed by atoms with Crippen LogP contribution in [0.1, 0.15) is 12.0 Å². The van der Waals surface area contributed by atoms with Gasteiger partial charge in [0.1, 0.15) is 0 Å². The third kappa shape index (κ3) is 2.58. The van der Waals surface area contributed by atoms with E-state index in [-0.39, 0.29) is 0 Å². The van der Waals surface area contributed by atoms with Crippen molar-refractivity contribution in [2.75, 3.05) is 0 Å². The van der Waals surface area contributed by atoms with Gasteiger partial charge in [-0.05, 0) is 42.5 Å². The summed E-state index contributed by atoms with van der Waals surface area (Å²) in [6, 6.07) is 8.49. The van der Waals surface area contributed by atoms with Gasteiger partial charge in [-0.2, -0.15) is 0 Å². The highest BCUT2D eigenvalue weighted by atomic mass is 79.9. The fraction of sp³-hybridized carbons (Fsp3) is 0.300. The second-order valence-electron chi connectivity index (χ2n) is 3.09. The molecule has 3 heteroatoms. The number of halogens is 1.